The highest BCUT2D eigenvalue weighted by Gasteiger charge is 2.10. The fraction of sp³-hybridized carbons (Fsp3) is 0. The molecule has 2 aromatic heterocycles. The summed E-state index contributed by atoms with van der Waals surface area (Å²) in [5, 5.41) is 0. The molecule has 0 aliphatic rings. The summed E-state index contributed by atoms with van der Waals surface area (Å²) >= 11 is 16.8. The maximum atomic E-state index is 13.0. The minimum absolute atomic E-state index is 0.247. The third-order valence-electron chi connectivity index (χ3n) is 3.54. The van der Waals surface area contributed by atoms with Crippen molar-refractivity contribution >= 4 is 86.4 Å². The van der Waals surface area contributed by atoms with Crippen LogP contribution in [0.1, 0.15) is 0 Å². The minimum atomic E-state index is -0.250. The number of rotatable bonds is 2. The largest absolute Gasteiger partial charge is 0.207 e. The highest BCUT2D eigenvalue weighted by atomic mass is 79.9. The molecule has 0 unspecified atom stereocenters. The number of thiophene rings is 2. The van der Waals surface area contributed by atoms with Crippen molar-refractivity contribution in [3.63, 3.8) is 0 Å². The average Bonchev–Trinajstić information content (AvgIpc) is 3.18. The van der Waals surface area contributed by atoms with E-state index in [0.29, 0.717) is 0 Å². The van der Waals surface area contributed by atoms with E-state index in [1.54, 1.807) is 46.9 Å². The molecule has 2 aromatic carbocycles. The lowest BCUT2D eigenvalue weighted by Gasteiger charge is -1.98. The maximum absolute atomic E-state index is 13.0. The molecule has 144 valence electrons. The van der Waals surface area contributed by atoms with Crippen LogP contribution < -0.4 is 0 Å². The lowest BCUT2D eigenvalue weighted by Crippen LogP contribution is -1.75. The molecule has 0 aliphatic heterocycles. The first kappa shape index (κ1) is 22.3. The van der Waals surface area contributed by atoms with Crippen LogP contribution in [0.5, 0.6) is 0 Å². The van der Waals surface area contributed by atoms with Crippen LogP contribution in [-0.2, 0) is 0 Å². The van der Waals surface area contributed by atoms with Crippen molar-refractivity contribution in [3.05, 3.63) is 88.8 Å². The van der Waals surface area contributed by atoms with Gasteiger partial charge in [0.15, 0.2) is 0 Å². The van der Waals surface area contributed by atoms with Crippen LogP contribution in [0.2, 0.25) is 0 Å². The third-order valence-corrected chi connectivity index (χ3v) is 9.42. The van der Waals surface area contributed by atoms with Crippen molar-refractivity contribution in [1.29, 1.82) is 0 Å². The van der Waals surface area contributed by atoms with E-state index in [0.717, 1.165) is 37.4 Å². The Balaban J connectivity index is 0.000000236. The Morgan fingerprint density at radius 1 is 0.607 bits per heavy atom. The van der Waals surface area contributed by atoms with Crippen molar-refractivity contribution in [1.82, 2.24) is 0 Å². The molecule has 0 saturated heterocycles. The maximum Gasteiger partial charge on any atom is 0.123 e. The van der Waals surface area contributed by atoms with E-state index in [1.165, 1.54) is 24.3 Å². The summed E-state index contributed by atoms with van der Waals surface area (Å²) in [4.78, 5) is 2.07. The first-order valence-corrected chi connectivity index (χ1v) is 12.6. The van der Waals surface area contributed by atoms with Gasteiger partial charge in [-0.05, 0) is 111 Å². The van der Waals surface area contributed by atoms with E-state index in [9.17, 15) is 8.78 Å². The predicted octanol–water partition coefficient (Wildman–Crippen LogP) is 10.2. The summed E-state index contributed by atoms with van der Waals surface area (Å²) in [6.45, 7) is 0. The fourth-order valence-electron chi connectivity index (χ4n) is 2.24. The van der Waals surface area contributed by atoms with Gasteiger partial charge in [0, 0.05) is 18.7 Å². The molecule has 0 saturated carbocycles. The summed E-state index contributed by atoms with van der Waals surface area (Å²) in [5.74, 6) is -0.497. The van der Waals surface area contributed by atoms with E-state index in [4.69, 9.17) is 0 Å². The molecule has 0 fully saturated rings. The second kappa shape index (κ2) is 10.1. The summed E-state index contributed by atoms with van der Waals surface area (Å²) in [6.07, 6.45) is 0. The van der Waals surface area contributed by atoms with Gasteiger partial charge in [-0.3, -0.25) is 0 Å². The Kier molecular flexibility index (Phi) is 8.04. The fourth-order valence-corrected chi connectivity index (χ4v) is 7.60. The van der Waals surface area contributed by atoms with Crippen LogP contribution >= 0.6 is 86.4 Å². The van der Waals surface area contributed by atoms with Gasteiger partial charge in [0.2, 0.25) is 0 Å². The normalized spacial score (nSPS) is 10.5. The first-order chi connectivity index (χ1) is 13.3. The Labute approximate surface area is 203 Å². The van der Waals surface area contributed by atoms with E-state index in [1.807, 2.05) is 12.1 Å². The molecule has 0 amide bonds. The zero-order chi connectivity index (χ0) is 20.3. The number of halogens is 6. The number of benzene rings is 2. The van der Waals surface area contributed by atoms with Crippen LogP contribution in [0, 0.1) is 11.6 Å². The highest BCUT2D eigenvalue weighted by Crippen LogP contribution is 2.41. The van der Waals surface area contributed by atoms with E-state index >= 15 is 0 Å². The minimum Gasteiger partial charge on any atom is -0.207 e. The van der Waals surface area contributed by atoms with Crippen LogP contribution in [0.4, 0.5) is 8.78 Å². The van der Waals surface area contributed by atoms with Gasteiger partial charge < -0.3 is 0 Å². The van der Waals surface area contributed by atoms with E-state index in [-0.39, 0.29) is 11.6 Å². The van der Waals surface area contributed by atoms with Gasteiger partial charge in [0.25, 0.3) is 0 Å². The quantitative estimate of drug-likeness (QED) is 0.199. The van der Waals surface area contributed by atoms with Crippen LogP contribution in [0.3, 0.4) is 0 Å². The lowest BCUT2D eigenvalue weighted by molar-refractivity contribution is 0.627. The van der Waals surface area contributed by atoms with E-state index in [2.05, 4.69) is 63.7 Å². The second-order valence-electron chi connectivity index (χ2n) is 5.47. The molecular weight excluding hydrogens is 662 g/mol. The van der Waals surface area contributed by atoms with Crippen molar-refractivity contribution < 1.29 is 8.78 Å². The zero-order valence-electron chi connectivity index (χ0n) is 13.9. The molecule has 0 nitrogen and oxygen atoms in total. The molecule has 0 radical (unpaired) electrons. The number of hydrogen-bond acceptors (Lipinski definition) is 2. The van der Waals surface area contributed by atoms with Gasteiger partial charge in [-0.15, -0.1) is 22.7 Å². The lowest BCUT2D eigenvalue weighted by atomic mass is 10.1. The molecule has 4 aromatic rings. The summed E-state index contributed by atoms with van der Waals surface area (Å²) in [5.41, 5.74) is 1.92. The van der Waals surface area contributed by atoms with Crippen molar-refractivity contribution in [2.45, 2.75) is 0 Å². The Morgan fingerprint density at radius 2 is 1.14 bits per heavy atom. The smallest absolute Gasteiger partial charge is 0.123 e. The van der Waals surface area contributed by atoms with Crippen LogP contribution in [-0.4, -0.2) is 0 Å². The van der Waals surface area contributed by atoms with Crippen molar-refractivity contribution in [3.8, 4) is 20.9 Å². The molecule has 0 aliphatic carbocycles. The first-order valence-electron chi connectivity index (χ1n) is 7.75. The topological polar surface area (TPSA) is 0 Å². The Hall–Kier alpha value is -0.380. The van der Waals surface area contributed by atoms with Gasteiger partial charge >= 0.3 is 0 Å². The molecule has 2 heterocycles. The zero-order valence-corrected chi connectivity index (χ0v) is 21.8. The summed E-state index contributed by atoms with van der Waals surface area (Å²) in [6, 6.07) is 16.8. The predicted molar refractivity (Wildman–Crippen MR) is 130 cm³/mol. The molecular formula is C20H10Br4F2S2. The molecule has 4 rings (SSSR count). The van der Waals surface area contributed by atoms with Gasteiger partial charge in [-0.1, -0.05) is 24.3 Å². The summed E-state index contributed by atoms with van der Waals surface area (Å²) in [7, 11) is 0. The molecule has 8 heteroatoms. The standard InChI is InChI=1S/C16H9BrF2S.C4HBr3S/c17-14-9-15(10-1-5-12(18)6-2-10)20-16(14)11-3-7-13(19)8-4-11;5-2-1-3(6)8-4(2)7/h1-9H;1H. The Morgan fingerprint density at radius 3 is 1.57 bits per heavy atom. The van der Waals surface area contributed by atoms with Crippen molar-refractivity contribution in [2.24, 2.45) is 0 Å². The third kappa shape index (κ3) is 5.83. The molecule has 0 spiro atoms. The van der Waals surface area contributed by atoms with Crippen molar-refractivity contribution in [2.75, 3.05) is 0 Å². The van der Waals surface area contributed by atoms with E-state index < -0.39 is 0 Å². The van der Waals surface area contributed by atoms with Gasteiger partial charge in [0.1, 0.15) is 11.6 Å². The molecule has 0 atom stereocenters. The summed E-state index contributed by atoms with van der Waals surface area (Å²) < 4.78 is 30.2. The highest BCUT2D eigenvalue weighted by molar-refractivity contribution is 9.14. The average molecular weight is 672 g/mol. The molecule has 0 N–H and O–H groups in total. The van der Waals surface area contributed by atoms with Gasteiger partial charge in [0.05, 0.1) is 7.57 Å². The SMILES string of the molecule is Brc1cc(Br)c(Br)s1.Fc1ccc(-c2cc(Br)c(-c3ccc(F)cc3)s2)cc1. The number of hydrogen-bond donors (Lipinski definition) is 0. The van der Waals surface area contributed by atoms with Crippen LogP contribution in [0.15, 0.2) is 77.2 Å². The molecule has 28 heavy (non-hydrogen) atoms. The molecule has 0 bridgehead atoms. The second-order valence-corrected chi connectivity index (χ2v) is 12.0. The van der Waals surface area contributed by atoms with Crippen LogP contribution in [0.25, 0.3) is 20.9 Å². The van der Waals surface area contributed by atoms with Gasteiger partial charge in [-0.2, -0.15) is 0 Å². The Bertz CT molecular complexity index is 1050. The monoisotopic (exact) mass is 668 g/mol. The van der Waals surface area contributed by atoms with Gasteiger partial charge in [-0.25, -0.2) is 8.78 Å².